The summed E-state index contributed by atoms with van der Waals surface area (Å²) in [6, 6.07) is -0.214. The Labute approximate surface area is 59.6 Å². The van der Waals surface area contributed by atoms with E-state index < -0.39 is 0 Å². The second-order valence-corrected chi connectivity index (χ2v) is 2.00. The zero-order valence-electron chi connectivity index (χ0n) is 4.91. The quantitative estimate of drug-likeness (QED) is 0.473. The Hall–Kier alpha value is -0.480. The van der Waals surface area contributed by atoms with E-state index >= 15 is 0 Å². The number of primary amides is 1. The van der Waals surface area contributed by atoms with Crippen LogP contribution in [0.5, 0.6) is 0 Å². The summed E-state index contributed by atoms with van der Waals surface area (Å²) in [6.45, 7) is 1.24. The largest absolute Gasteiger partial charge is 0.351 e. The smallest absolute Gasteiger partial charge is 0.314 e. The van der Waals surface area contributed by atoms with Crippen molar-refractivity contribution in [3.8, 4) is 0 Å². The number of urea groups is 1. The van der Waals surface area contributed by atoms with E-state index in [1.54, 1.807) is 0 Å². The fraction of sp³-hybridized carbons (Fsp3) is 0.750. The van der Waals surface area contributed by atoms with Gasteiger partial charge in [-0.3, -0.25) is 0 Å². The van der Waals surface area contributed by atoms with Crippen LogP contribution in [0, 0.1) is 0 Å². The lowest BCUT2D eigenvalue weighted by atomic mass is 10.1. The molecule has 0 aliphatic carbocycles. The van der Waals surface area contributed by atoms with Gasteiger partial charge in [0.2, 0.25) is 0 Å². The van der Waals surface area contributed by atoms with Gasteiger partial charge in [0, 0.05) is 19.1 Å². The second kappa shape index (κ2) is 2.89. The van der Waals surface area contributed by atoms with Crippen LogP contribution in [-0.2, 0) is 0 Å². The van der Waals surface area contributed by atoms with Crippen LogP contribution in [0.1, 0.15) is 0 Å². The first-order valence-electron chi connectivity index (χ1n) is 2.50. The monoisotopic (exact) mass is 151 g/mol. The van der Waals surface area contributed by atoms with Crippen molar-refractivity contribution in [1.29, 1.82) is 0 Å². The molecule has 0 spiro atoms. The lowest BCUT2D eigenvalue weighted by molar-refractivity contribution is 0.161. The summed E-state index contributed by atoms with van der Waals surface area (Å²) in [6.07, 6.45) is 0. The Kier molecular flexibility index (Phi) is 2.73. The van der Waals surface area contributed by atoms with E-state index in [-0.39, 0.29) is 24.5 Å². The van der Waals surface area contributed by atoms with Gasteiger partial charge in [-0.05, 0) is 0 Å². The number of amides is 2. The molecule has 0 atom stereocenters. The first-order valence-corrected chi connectivity index (χ1v) is 2.50. The molecule has 2 amide bonds. The van der Waals surface area contributed by atoms with Crippen molar-refractivity contribution < 1.29 is 4.79 Å². The fourth-order valence-electron chi connectivity index (χ4n) is 0.693. The van der Waals surface area contributed by atoms with Crippen LogP contribution < -0.4 is 11.5 Å². The van der Waals surface area contributed by atoms with E-state index in [1.165, 1.54) is 4.90 Å². The topological polar surface area (TPSA) is 72.4 Å². The minimum absolute atomic E-state index is 0. The maximum Gasteiger partial charge on any atom is 0.314 e. The minimum Gasteiger partial charge on any atom is -0.351 e. The van der Waals surface area contributed by atoms with E-state index in [1.807, 2.05) is 0 Å². The summed E-state index contributed by atoms with van der Waals surface area (Å²) in [7, 11) is 0. The summed E-state index contributed by atoms with van der Waals surface area (Å²) >= 11 is 0. The third-order valence-electron chi connectivity index (χ3n) is 1.22. The number of rotatable bonds is 0. The molecule has 54 valence electrons. The highest BCUT2D eigenvalue weighted by atomic mass is 35.5. The summed E-state index contributed by atoms with van der Waals surface area (Å²) in [4.78, 5) is 11.7. The number of nitrogens with zero attached hydrogens (tertiary/aromatic N) is 1. The summed E-state index contributed by atoms with van der Waals surface area (Å²) < 4.78 is 0. The number of nitrogens with two attached hydrogens (primary N) is 2. The van der Waals surface area contributed by atoms with Crippen LogP contribution in [-0.4, -0.2) is 30.1 Å². The van der Waals surface area contributed by atoms with Gasteiger partial charge >= 0.3 is 6.03 Å². The number of hydrogen-bond donors (Lipinski definition) is 2. The van der Waals surface area contributed by atoms with E-state index in [0.717, 1.165) is 0 Å². The molecule has 1 aliphatic heterocycles. The fourth-order valence-corrected chi connectivity index (χ4v) is 0.693. The van der Waals surface area contributed by atoms with E-state index in [9.17, 15) is 4.79 Å². The van der Waals surface area contributed by atoms with Gasteiger partial charge in [-0.2, -0.15) is 0 Å². The zero-order valence-corrected chi connectivity index (χ0v) is 5.73. The van der Waals surface area contributed by atoms with Gasteiger partial charge in [0.15, 0.2) is 0 Å². The molecule has 1 fully saturated rings. The van der Waals surface area contributed by atoms with Crippen molar-refractivity contribution in [1.82, 2.24) is 4.90 Å². The molecule has 1 rings (SSSR count). The van der Waals surface area contributed by atoms with Gasteiger partial charge < -0.3 is 16.4 Å². The van der Waals surface area contributed by atoms with Crippen molar-refractivity contribution in [3.05, 3.63) is 0 Å². The van der Waals surface area contributed by atoms with Crippen LogP contribution >= 0.6 is 12.4 Å². The summed E-state index contributed by atoms with van der Waals surface area (Å²) in [5.41, 5.74) is 10.2. The SMILES string of the molecule is Cl.NC(=O)N1CC(N)C1. The number of halogens is 1. The molecule has 0 bridgehead atoms. The van der Waals surface area contributed by atoms with E-state index in [2.05, 4.69) is 0 Å². The average Bonchev–Trinajstić information content (AvgIpc) is 1.57. The first kappa shape index (κ1) is 8.52. The lowest BCUT2D eigenvalue weighted by Crippen LogP contribution is -2.59. The van der Waals surface area contributed by atoms with Gasteiger partial charge in [-0.1, -0.05) is 0 Å². The molecule has 0 saturated carbocycles. The van der Waals surface area contributed by atoms with Crippen molar-refractivity contribution in [3.63, 3.8) is 0 Å². The van der Waals surface area contributed by atoms with Gasteiger partial charge in [0.25, 0.3) is 0 Å². The molecule has 0 aromatic heterocycles. The zero-order chi connectivity index (χ0) is 6.15. The van der Waals surface area contributed by atoms with Crippen LogP contribution in [0.4, 0.5) is 4.79 Å². The predicted octanol–water partition coefficient (Wildman–Crippen LogP) is -0.870. The van der Waals surface area contributed by atoms with Gasteiger partial charge in [-0.15, -0.1) is 12.4 Å². The van der Waals surface area contributed by atoms with Gasteiger partial charge in [-0.25, -0.2) is 4.79 Å². The Morgan fingerprint density at radius 1 is 1.56 bits per heavy atom. The standard InChI is InChI=1S/C4H9N3O.ClH/c5-3-1-7(2-3)4(6)8;/h3H,1-2,5H2,(H2,6,8);1H. The molecule has 4 N–H and O–H groups in total. The highest BCUT2D eigenvalue weighted by Crippen LogP contribution is 2.02. The number of carbonyl (C=O) groups excluding carboxylic acids is 1. The highest BCUT2D eigenvalue weighted by Gasteiger charge is 2.25. The molecule has 4 nitrogen and oxygen atoms in total. The molecule has 1 saturated heterocycles. The van der Waals surface area contributed by atoms with Crippen LogP contribution in [0.25, 0.3) is 0 Å². The first-order chi connectivity index (χ1) is 3.70. The Morgan fingerprint density at radius 2 is 2.00 bits per heavy atom. The molecule has 1 heterocycles. The molecular formula is C4H10ClN3O. The van der Waals surface area contributed by atoms with Gasteiger partial charge in [0.1, 0.15) is 0 Å². The Bertz CT molecular complexity index is 112. The van der Waals surface area contributed by atoms with Crippen molar-refractivity contribution in [2.45, 2.75) is 6.04 Å². The summed E-state index contributed by atoms with van der Waals surface area (Å²) in [5.74, 6) is 0. The normalized spacial score (nSPS) is 18.1. The van der Waals surface area contributed by atoms with E-state index in [4.69, 9.17) is 11.5 Å². The van der Waals surface area contributed by atoms with Crippen LogP contribution in [0.3, 0.4) is 0 Å². The second-order valence-electron chi connectivity index (χ2n) is 2.00. The number of carbonyl (C=O) groups is 1. The third-order valence-corrected chi connectivity index (χ3v) is 1.22. The van der Waals surface area contributed by atoms with Gasteiger partial charge in [0.05, 0.1) is 0 Å². The maximum atomic E-state index is 10.2. The molecule has 0 aromatic carbocycles. The minimum atomic E-state index is -0.369. The van der Waals surface area contributed by atoms with Crippen LogP contribution in [0.2, 0.25) is 0 Å². The Balaban J connectivity index is 0.000000640. The summed E-state index contributed by atoms with van der Waals surface area (Å²) in [5, 5.41) is 0. The lowest BCUT2D eigenvalue weighted by Gasteiger charge is -2.35. The van der Waals surface area contributed by atoms with E-state index in [0.29, 0.717) is 13.1 Å². The number of hydrogen-bond acceptors (Lipinski definition) is 2. The molecule has 0 radical (unpaired) electrons. The molecule has 1 aliphatic rings. The number of likely N-dealkylation sites (tertiary alicyclic amines) is 1. The highest BCUT2D eigenvalue weighted by molar-refractivity contribution is 5.85. The van der Waals surface area contributed by atoms with Crippen molar-refractivity contribution in [2.24, 2.45) is 11.5 Å². The third kappa shape index (κ3) is 1.73. The molecule has 0 aromatic rings. The van der Waals surface area contributed by atoms with Crippen molar-refractivity contribution in [2.75, 3.05) is 13.1 Å². The Morgan fingerprint density at radius 3 is 2.11 bits per heavy atom. The molecular weight excluding hydrogens is 142 g/mol. The van der Waals surface area contributed by atoms with Crippen molar-refractivity contribution >= 4 is 18.4 Å². The van der Waals surface area contributed by atoms with Crippen LogP contribution in [0.15, 0.2) is 0 Å². The molecule has 0 unspecified atom stereocenters. The molecule has 5 heteroatoms. The predicted molar refractivity (Wildman–Crippen MR) is 36.4 cm³/mol. The average molecular weight is 152 g/mol. The molecule has 9 heavy (non-hydrogen) atoms. The maximum absolute atomic E-state index is 10.2.